The fourth-order valence-electron chi connectivity index (χ4n) is 4.65. The van der Waals surface area contributed by atoms with Gasteiger partial charge in [-0.25, -0.2) is 0 Å². The van der Waals surface area contributed by atoms with Crippen LogP contribution in [0.5, 0.6) is 0 Å². The zero-order valence-electron chi connectivity index (χ0n) is 17.8. The highest BCUT2D eigenvalue weighted by molar-refractivity contribution is 4.85. The lowest BCUT2D eigenvalue weighted by molar-refractivity contribution is 0.0614. The van der Waals surface area contributed by atoms with Gasteiger partial charge in [-0.1, -0.05) is 20.8 Å². The first kappa shape index (κ1) is 22.1. The Hall–Kier alpha value is -0.200. The SMILES string of the molecule is CCN1CCCC1CN(CC1CCN(CCOC)CC1)CC(C)(C)CO. The number of rotatable bonds is 11. The van der Waals surface area contributed by atoms with Gasteiger partial charge in [0.25, 0.3) is 0 Å². The summed E-state index contributed by atoms with van der Waals surface area (Å²) >= 11 is 0. The predicted octanol–water partition coefficient (Wildman–Crippen LogP) is 2.15. The molecule has 5 nitrogen and oxygen atoms in total. The van der Waals surface area contributed by atoms with Crippen LogP contribution in [0, 0.1) is 11.3 Å². The number of likely N-dealkylation sites (tertiary alicyclic amines) is 2. The van der Waals surface area contributed by atoms with E-state index in [2.05, 4.69) is 35.5 Å². The van der Waals surface area contributed by atoms with Crippen LogP contribution in [-0.4, -0.2) is 98.5 Å². The van der Waals surface area contributed by atoms with Gasteiger partial charge < -0.3 is 19.6 Å². The maximum absolute atomic E-state index is 9.77. The molecule has 1 N–H and O–H groups in total. The molecule has 0 aliphatic carbocycles. The van der Waals surface area contributed by atoms with E-state index in [-0.39, 0.29) is 12.0 Å². The van der Waals surface area contributed by atoms with Crippen LogP contribution in [0.4, 0.5) is 0 Å². The summed E-state index contributed by atoms with van der Waals surface area (Å²) in [4.78, 5) is 7.86. The molecule has 0 saturated carbocycles. The van der Waals surface area contributed by atoms with Crippen molar-refractivity contribution in [3.05, 3.63) is 0 Å². The summed E-state index contributed by atoms with van der Waals surface area (Å²) in [5.74, 6) is 0.791. The van der Waals surface area contributed by atoms with Gasteiger partial charge in [-0.05, 0) is 57.8 Å². The molecule has 2 heterocycles. The van der Waals surface area contributed by atoms with E-state index in [1.807, 2.05) is 0 Å². The highest BCUT2D eigenvalue weighted by atomic mass is 16.5. The van der Waals surface area contributed by atoms with Crippen LogP contribution in [0.25, 0.3) is 0 Å². The normalized spacial score (nSPS) is 24.0. The van der Waals surface area contributed by atoms with E-state index in [0.717, 1.165) is 25.6 Å². The molecule has 1 atom stereocenters. The Balaban J connectivity index is 1.87. The number of likely N-dealkylation sites (N-methyl/N-ethyl adjacent to an activating group) is 1. The van der Waals surface area contributed by atoms with Gasteiger partial charge in [0, 0.05) is 51.4 Å². The van der Waals surface area contributed by atoms with Crippen molar-refractivity contribution in [3.8, 4) is 0 Å². The lowest BCUT2D eigenvalue weighted by Gasteiger charge is -2.39. The van der Waals surface area contributed by atoms with Crippen molar-refractivity contribution >= 4 is 0 Å². The van der Waals surface area contributed by atoms with Crippen molar-refractivity contribution in [1.82, 2.24) is 14.7 Å². The minimum Gasteiger partial charge on any atom is -0.396 e. The number of aliphatic hydroxyl groups excluding tert-OH is 1. The highest BCUT2D eigenvalue weighted by Gasteiger charge is 2.30. The zero-order chi connectivity index (χ0) is 19.0. The summed E-state index contributed by atoms with van der Waals surface area (Å²) in [5, 5.41) is 9.77. The van der Waals surface area contributed by atoms with E-state index in [1.54, 1.807) is 7.11 Å². The predicted molar refractivity (Wildman–Crippen MR) is 109 cm³/mol. The number of hydrogen-bond acceptors (Lipinski definition) is 5. The molecule has 2 aliphatic rings. The number of ether oxygens (including phenoxy) is 1. The summed E-state index contributed by atoms with van der Waals surface area (Å²) in [6, 6.07) is 0.705. The van der Waals surface area contributed by atoms with Crippen LogP contribution in [0.1, 0.15) is 46.5 Å². The molecule has 26 heavy (non-hydrogen) atoms. The lowest BCUT2D eigenvalue weighted by atomic mass is 9.91. The number of nitrogens with zero attached hydrogens (tertiary/aromatic N) is 3. The zero-order valence-corrected chi connectivity index (χ0v) is 17.8. The van der Waals surface area contributed by atoms with Crippen molar-refractivity contribution in [2.24, 2.45) is 11.3 Å². The van der Waals surface area contributed by atoms with E-state index >= 15 is 0 Å². The first-order valence-electron chi connectivity index (χ1n) is 10.8. The Morgan fingerprint density at radius 2 is 1.85 bits per heavy atom. The van der Waals surface area contributed by atoms with Crippen molar-refractivity contribution in [3.63, 3.8) is 0 Å². The molecule has 0 aromatic heterocycles. The summed E-state index contributed by atoms with van der Waals surface area (Å²) in [7, 11) is 1.79. The van der Waals surface area contributed by atoms with Gasteiger partial charge in [-0.15, -0.1) is 0 Å². The van der Waals surface area contributed by atoms with Crippen molar-refractivity contribution in [1.29, 1.82) is 0 Å². The molecule has 1 unspecified atom stereocenters. The first-order valence-corrected chi connectivity index (χ1v) is 10.8. The van der Waals surface area contributed by atoms with E-state index in [9.17, 15) is 5.11 Å². The average Bonchev–Trinajstić information content (AvgIpc) is 3.08. The third kappa shape index (κ3) is 7.08. The Morgan fingerprint density at radius 1 is 1.12 bits per heavy atom. The minimum atomic E-state index is -0.0190. The molecule has 0 amide bonds. The topological polar surface area (TPSA) is 39.2 Å². The van der Waals surface area contributed by atoms with Gasteiger partial charge in [0.2, 0.25) is 0 Å². The second-order valence-electron chi connectivity index (χ2n) is 9.22. The summed E-state index contributed by atoms with van der Waals surface area (Å²) < 4.78 is 5.22. The van der Waals surface area contributed by atoms with Crippen molar-refractivity contribution < 1.29 is 9.84 Å². The van der Waals surface area contributed by atoms with Gasteiger partial charge in [0.1, 0.15) is 0 Å². The molecule has 2 saturated heterocycles. The number of methoxy groups -OCH3 is 1. The van der Waals surface area contributed by atoms with Gasteiger partial charge in [0.05, 0.1) is 6.61 Å². The van der Waals surface area contributed by atoms with Crippen LogP contribution in [-0.2, 0) is 4.74 Å². The minimum absolute atomic E-state index is 0.0190. The number of hydrogen-bond donors (Lipinski definition) is 1. The molecule has 0 spiro atoms. The maximum atomic E-state index is 9.77. The second-order valence-corrected chi connectivity index (χ2v) is 9.22. The smallest absolute Gasteiger partial charge is 0.0589 e. The Morgan fingerprint density at radius 3 is 2.46 bits per heavy atom. The third-order valence-corrected chi connectivity index (χ3v) is 6.29. The first-order chi connectivity index (χ1) is 12.5. The average molecular weight is 370 g/mol. The summed E-state index contributed by atoms with van der Waals surface area (Å²) in [6.45, 7) is 17.0. The van der Waals surface area contributed by atoms with Crippen LogP contribution < -0.4 is 0 Å². The summed E-state index contributed by atoms with van der Waals surface area (Å²) in [5.41, 5.74) is -0.0190. The molecule has 5 heteroatoms. The standard InChI is InChI=1S/C21H43N3O2/c1-5-24-10-6-7-20(24)16-23(17-21(2,3)18-25)15-19-8-11-22(12-9-19)13-14-26-4/h19-20,25H,5-18H2,1-4H3. The quantitative estimate of drug-likeness (QED) is 0.604. The molecule has 0 aromatic rings. The second kappa shape index (κ2) is 11.0. The van der Waals surface area contributed by atoms with E-state index in [0.29, 0.717) is 6.04 Å². The largest absolute Gasteiger partial charge is 0.396 e. The van der Waals surface area contributed by atoms with E-state index in [1.165, 1.54) is 65.0 Å². The number of aliphatic hydroxyl groups is 1. The van der Waals surface area contributed by atoms with E-state index in [4.69, 9.17) is 4.74 Å². The highest BCUT2D eigenvalue weighted by Crippen LogP contribution is 2.24. The Bertz CT molecular complexity index is 383. The number of piperidine rings is 1. The van der Waals surface area contributed by atoms with Crippen LogP contribution in [0.15, 0.2) is 0 Å². The fourth-order valence-corrected chi connectivity index (χ4v) is 4.65. The lowest BCUT2D eigenvalue weighted by Crippen LogP contribution is -2.47. The molecule has 0 radical (unpaired) electrons. The fraction of sp³-hybridized carbons (Fsp3) is 1.00. The Labute approximate surface area is 161 Å². The van der Waals surface area contributed by atoms with Crippen LogP contribution in [0.3, 0.4) is 0 Å². The van der Waals surface area contributed by atoms with Crippen molar-refractivity contribution in [2.45, 2.75) is 52.5 Å². The molecular formula is C21H43N3O2. The maximum Gasteiger partial charge on any atom is 0.0589 e. The van der Waals surface area contributed by atoms with Crippen molar-refractivity contribution in [2.75, 3.05) is 72.7 Å². The van der Waals surface area contributed by atoms with Gasteiger partial charge in [-0.3, -0.25) is 4.90 Å². The molecule has 154 valence electrons. The summed E-state index contributed by atoms with van der Waals surface area (Å²) in [6.07, 6.45) is 5.26. The van der Waals surface area contributed by atoms with E-state index < -0.39 is 0 Å². The Kier molecular flexibility index (Phi) is 9.31. The molecule has 2 rings (SSSR count). The molecule has 0 bridgehead atoms. The van der Waals surface area contributed by atoms with Gasteiger partial charge in [-0.2, -0.15) is 0 Å². The van der Waals surface area contributed by atoms with Crippen LogP contribution in [0.2, 0.25) is 0 Å². The van der Waals surface area contributed by atoms with Gasteiger partial charge in [0.15, 0.2) is 0 Å². The molecule has 2 fully saturated rings. The third-order valence-electron chi connectivity index (χ3n) is 6.29. The van der Waals surface area contributed by atoms with Crippen LogP contribution >= 0.6 is 0 Å². The molecule has 2 aliphatic heterocycles. The van der Waals surface area contributed by atoms with Gasteiger partial charge >= 0.3 is 0 Å². The monoisotopic (exact) mass is 369 g/mol. The molecule has 0 aromatic carbocycles. The molecular weight excluding hydrogens is 326 g/mol.